The number of benzene rings is 1. The highest BCUT2D eigenvalue weighted by Gasteiger charge is 2.16. The van der Waals surface area contributed by atoms with Crippen molar-refractivity contribution in [3.05, 3.63) is 42.2 Å². The van der Waals surface area contributed by atoms with Crippen molar-refractivity contribution in [2.24, 2.45) is 0 Å². The molecule has 0 radical (unpaired) electrons. The Labute approximate surface area is 117 Å². The number of hydrogen-bond donors (Lipinski definition) is 2. The van der Waals surface area contributed by atoms with Crippen molar-refractivity contribution in [1.82, 2.24) is 25.6 Å². The second-order valence-electron chi connectivity index (χ2n) is 4.86. The molecule has 3 rings (SSSR count). The minimum absolute atomic E-state index is 0.180. The lowest BCUT2D eigenvalue weighted by Crippen LogP contribution is -2.37. The average molecular weight is 271 g/mol. The van der Waals surface area contributed by atoms with E-state index in [9.17, 15) is 4.79 Å². The number of aromatic nitrogens is 3. The van der Waals surface area contributed by atoms with Crippen LogP contribution in [0.5, 0.6) is 0 Å². The number of para-hydroxylation sites is 1. The van der Waals surface area contributed by atoms with Crippen LogP contribution >= 0.6 is 0 Å². The van der Waals surface area contributed by atoms with E-state index in [4.69, 9.17) is 0 Å². The van der Waals surface area contributed by atoms with Gasteiger partial charge in [0.1, 0.15) is 0 Å². The average Bonchev–Trinajstić information content (AvgIpc) is 3.17. The number of hydrogen-bond acceptors (Lipinski definition) is 4. The van der Waals surface area contributed by atoms with Crippen LogP contribution in [0.1, 0.15) is 23.3 Å². The van der Waals surface area contributed by atoms with Crippen molar-refractivity contribution < 1.29 is 4.79 Å². The Morgan fingerprint density at radius 1 is 1.40 bits per heavy atom. The van der Waals surface area contributed by atoms with Gasteiger partial charge in [-0.05, 0) is 31.5 Å². The summed E-state index contributed by atoms with van der Waals surface area (Å²) >= 11 is 0. The van der Waals surface area contributed by atoms with Gasteiger partial charge in [0.2, 0.25) is 0 Å². The molecule has 1 unspecified atom stereocenters. The molecule has 6 heteroatoms. The molecule has 104 valence electrons. The Kier molecular flexibility index (Phi) is 3.73. The number of rotatable bonds is 4. The minimum Gasteiger partial charge on any atom is -0.349 e. The first kappa shape index (κ1) is 12.8. The zero-order chi connectivity index (χ0) is 13.8. The van der Waals surface area contributed by atoms with Crippen molar-refractivity contribution in [3.63, 3.8) is 0 Å². The maximum atomic E-state index is 12.0. The smallest absolute Gasteiger partial charge is 0.273 e. The summed E-state index contributed by atoms with van der Waals surface area (Å²) in [5.41, 5.74) is 1.18. The first-order valence-electron chi connectivity index (χ1n) is 6.82. The molecule has 2 heterocycles. The minimum atomic E-state index is -0.180. The molecule has 1 aromatic heterocycles. The van der Waals surface area contributed by atoms with Gasteiger partial charge in [-0.1, -0.05) is 18.2 Å². The van der Waals surface area contributed by atoms with Crippen molar-refractivity contribution >= 4 is 5.91 Å². The third kappa shape index (κ3) is 2.85. The number of carbonyl (C=O) groups is 1. The van der Waals surface area contributed by atoms with Crippen LogP contribution in [0.25, 0.3) is 5.69 Å². The van der Waals surface area contributed by atoms with E-state index in [1.807, 2.05) is 30.3 Å². The van der Waals surface area contributed by atoms with E-state index in [0.29, 0.717) is 18.3 Å². The highest BCUT2D eigenvalue weighted by atomic mass is 16.2. The summed E-state index contributed by atoms with van der Waals surface area (Å²) < 4.78 is 0. The fourth-order valence-corrected chi connectivity index (χ4v) is 2.29. The van der Waals surface area contributed by atoms with Crippen LogP contribution in [0.15, 0.2) is 36.5 Å². The Hall–Kier alpha value is -2.21. The van der Waals surface area contributed by atoms with E-state index in [1.54, 1.807) is 0 Å². The molecule has 1 saturated heterocycles. The van der Waals surface area contributed by atoms with Gasteiger partial charge >= 0.3 is 0 Å². The lowest BCUT2D eigenvalue weighted by Gasteiger charge is -2.10. The Bertz CT molecular complexity index is 574. The lowest BCUT2D eigenvalue weighted by atomic mass is 10.2. The molecule has 1 aromatic carbocycles. The molecule has 2 aromatic rings. The SMILES string of the molecule is O=C(NCC1CCCN1)c1cnn(-c2ccccc2)n1. The largest absolute Gasteiger partial charge is 0.349 e. The fraction of sp³-hybridized carbons (Fsp3) is 0.357. The van der Waals surface area contributed by atoms with Crippen molar-refractivity contribution in [2.75, 3.05) is 13.1 Å². The molecule has 1 aliphatic rings. The van der Waals surface area contributed by atoms with Crippen LogP contribution in [0.4, 0.5) is 0 Å². The summed E-state index contributed by atoms with van der Waals surface area (Å²) in [6.07, 6.45) is 3.77. The summed E-state index contributed by atoms with van der Waals surface area (Å²) in [6.45, 7) is 1.67. The molecule has 6 nitrogen and oxygen atoms in total. The van der Waals surface area contributed by atoms with Gasteiger partial charge in [-0.25, -0.2) is 0 Å². The molecular weight excluding hydrogens is 254 g/mol. The number of nitrogens with zero attached hydrogens (tertiary/aromatic N) is 3. The third-order valence-electron chi connectivity index (χ3n) is 3.38. The first-order valence-corrected chi connectivity index (χ1v) is 6.82. The third-order valence-corrected chi connectivity index (χ3v) is 3.38. The zero-order valence-electron chi connectivity index (χ0n) is 11.1. The highest BCUT2D eigenvalue weighted by Crippen LogP contribution is 2.05. The summed E-state index contributed by atoms with van der Waals surface area (Å²) in [4.78, 5) is 13.5. The first-order chi connectivity index (χ1) is 9.83. The Morgan fingerprint density at radius 3 is 3.00 bits per heavy atom. The van der Waals surface area contributed by atoms with Gasteiger partial charge in [-0.15, -0.1) is 5.10 Å². The van der Waals surface area contributed by atoms with Gasteiger partial charge < -0.3 is 10.6 Å². The van der Waals surface area contributed by atoms with Crippen molar-refractivity contribution in [1.29, 1.82) is 0 Å². The molecule has 1 fully saturated rings. The van der Waals surface area contributed by atoms with Crippen LogP contribution in [0.2, 0.25) is 0 Å². The van der Waals surface area contributed by atoms with E-state index >= 15 is 0 Å². The number of amides is 1. The second kappa shape index (κ2) is 5.83. The quantitative estimate of drug-likeness (QED) is 0.860. The predicted molar refractivity (Wildman–Crippen MR) is 74.7 cm³/mol. The topological polar surface area (TPSA) is 71.8 Å². The van der Waals surface area contributed by atoms with Crippen LogP contribution < -0.4 is 10.6 Å². The molecule has 1 amide bonds. The fourth-order valence-electron chi connectivity index (χ4n) is 2.29. The van der Waals surface area contributed by atoms with Crippen LogP contribution in [0.3, 0.4) is 0 Å². The Balaban J connectivity index is 1.62. The molecule has 2 N–H and O–H groups in total. The highest BCUT2D eigenvalue weighted by molar-refractivity contribution is 5.91. The van der Waals surface area contributed by atoms with E-state index < -0.39 is 0 Å². The molecule has 0 bridgehead atoms. The molecule has 1 atom stereocenters. The van der Waals surface area contributed by atoms with E-state index in [0.717, 1.165) is 18.7 Å². The zero-order valence-corrected chi connectivity index (χ0v) is 11.1. The van der Waals surface area contributed by atoms with Gasteiger partial charge in [0.25, 0.3) is 5.91 Å². The van der Waals surface area contributed by atoms with E-state index in [-0.39, 0.29) is 5.91 Å². The summed E-state index contributed by atoms with van der Waals surface area (Å²) in [5, 5.41) is 14.5. The summed E-state index contributed by atoms with van der Waals surface area (Å²) in [5.74, 6) is -0.180. The van der Waals surface area contributed by atoms with Gasteiger partial charge in [0.15, 0.2) is 5.69 Å². The summed E-state index contributed by atoms with van der Waals surface area (Å²) in [6, 6.07) is 9.90. The maximum absolute atomic E-state index is 12.0. The van der Waals surface area contributed by atoms with E-state index in [2.05, 4.69) is 20.8 Å². The van der Waals surface area contributed by atoms with E-state index in [1.165, 1.54) is 17.4 Å². The normalized spacial score (nSPS) is 18.1. The molecule has 0 spiro atoms. The molecule has 0 saturated carbocycles. The molecule has 20 heavy (non-hydrogen) atoms. The van der Waals surface area contributed by atoms with Crippen molar-refractivity contribution in [2.45, 2.75) is 18.9 Å². The predicted octanol–water partition coefficient (Wildman–Crippen LogP) is 0.749. The van der Waals surface area contributed by atoms with Gasteiger partial charge in [-0.2, -0.15) is 9.90 Å². The Morgan fingerprint density at radius 2 is 2.25 bits per heavy atom. The summed E-state index contributed by atoms with van der Waals surface area (Å²) in [7, 11) is 0. The van der Waals surface area contributed by atoms with Crippen molar-refractivity contribution in [3.8, 4) is 5.69 Å². The van der Waals surface area contributed by atoms with Crippen LogP contribution in [0, 0.1) is 0 Å². The van der Waals surface area contributed by atoms with Gasteiger partial charge in [0.05, 0.1) is 11.9 Å². The number of nitrogens with one attached hydrogen (secondary N) is 2. The molecular formula is C14H17N5O. The van der Waals surface area contributed by atoms with Crippen LogP contribution in [-0.4, -0.2) is 40.0 Å². The molecule has 0 aliphatic carbocycles. The van der Waals surface area contributed by atoms with Crippen LogP contribution in [-0.2, 0) is 0 Å². The van der Waals surface area contributed by atoms with Gasteiger partial charge in [-0.3, -0.25) is 4.79 Å². The maximum Gasteiger partial charge on any atom is 0.273 e. The molecule has 1 aliphatic heterocycles. The second-order valence-corrected chi connectivity index (χ2v) is 4.86. The monoisotopic (exact) mass is 271 g/mol. The number of carbonyl (C=O) groups excluding carboxylic acids is 1. The lowest BCUT2D eigenvalue weighted by molar-refractivity contribution is 0.0945. The van der Waals surface area contributed by atoms with Gasteiger partial charge in [0, 0.05) is 12.6 Å². The standard InChI is InChI=1S/C14H17N5O/c20-14(16-9-11-5-4-8-15-11)13-10-17-19(18-13)12-6-2-1-3-7-12/h1-3,6-7,10-11,15H,4-5,8-9H2,(H,16,20).